The number of amides is 1. The lowest BCUT2D eigenvalue weighted by atomic mass is 10.1. The Balaban J connectivity index is 1.63. The quantitative estimate of drug-likeness (QED) is 0.631. The first-order valence-corrected chi connectivity index (χ1v) is 11.5. The molecule has 4 rings (SSSR count). The van der Waals surface area contributed by atoms with Crippen LogP contribution in [0.4, 0.5) is 5.69 Å². The lowest BCUT2D eigenvalue weighted by Gasteiger charge is -2.35. The van der Waals surface area contributed by atoms with Crippen molar-refractivity contribution < 1.29 is 17.9 Å². The van der Waals surface area contributed by atoms with E-state index in [4.69, 9.17) is 16.3 Å². The number of sulfonamides is 1. The average Bonchev–Trinajstić information content (AvgIpc) is 2.78. The van der Waals surface area contributed by atoms with Crippen LogP contribution >= 0.6 is 11.6 Å². The summed E-state index contributed by atoms with van der Waals surface area (Å²) in [4.78, 5) is 13.0. The van der Waals surface area contributed by atoms with Gasteiger partial charge in [-0.1, -0.05) is 54.1 Å². The van der Waals surface area contributed by atoms with E-state index in [1.165, 1.54) is 22.5 Å². The normalized spacial score (nSPS) is 15.7. The van der Waals surface area contributed by atoms with Crippen LogP contribution in [0.5, 0.6) is 5.75 Å². The van der Waals surface area contributed by atoms with Gasteiger partial charge < -0.3 is 10.1 Å². The summed E-state index contributed by atoms with van der Waals surface area (Å²) in [5, 5.41) is 3.23. The van der Waals surface area contributed by atoms with Crippen molar-refractivity contribution in [3.63, 3.8) is 0 Å². The Hall–Kier alpha value is -3.03. The third-order valence-electron chi connectivity index (χ3n) is 5.13. The molecule has 31 heavy (non-hydrogen) atoms. The maximum atomic E-state index is 13.3. The van der Waals surface area contributed by atoms with Gasteiger partial charge in [0.2, 0.25) is 0 Å². The number of carbonyl (C=O) groups excluding carboxylic acids is 1. The zero-order chi connectivity index (χ0) is 22.0. The van der Waals surface area contributed by atoms with Gasteiger partial charge in [-0.3, -0.25) is 9.10 Å². The Morgan fingerprint density at radius 2 is 1.81 bits per heavy atom. The van der Waals surface area contributed by atoms with E-state index in [1.54, 1.807) is 30.3 Å². The SMILES string of the molecule is Cc1ccccc1CNC(=O)[C@@H]1CN(S(=O)(=O)c2ccccc2)c2cc(Cl)ccc2O1. The summed E-state index contributed by atoms with van der Waals surface area (Å²) in [6.45, 7) is 2.13. The minimum Gasteiger partial charge on any atom is -0.476 e. The van der Waals surface area contributed by atoms with Crippen LogP contribution in [0.15, 0.2) is 77.7 Å². The second-order valence-electron chi connectivity index (χ2n) is 7.21. The monoisotopic (exact) mass is 456 g/mol. The van der Waals surface area contributed by atoms with Crippen molar-refractivity contribution in [2.24, 2.45) is 0 Å². The van der Waals surface area contributed by atoms with Crippen molar-refractivity contribution >= 4 is 33.2 Å². The molecule has 1 heterocycles. The molecule has 0 radical (unpaired) electrons. The summed E-state index contributed by atoms with van der Waals surface area (Å²) >= 11 is 6.11. The fraction of sp³-hybridized carbons (Fsp3) is 0.174. The number of hydrogen-bond acceptors (Lipinski definition) is 4. The molecule has 1 N–H and O–H groups in total. The van der Waals surface area contributed by atoms with Crippen LogP contribution in [0.25, 0.3) is 0 Å². The number of aryl methyl sites for hydroxylation is 1. The van der Waals surface area contributed by atoms with Crippen molar-refractivity contribution in [3.05, 3.63) is 88.9 Å². The van der Waals surface area contributed by atoms with Crippen LogP contribution in [0.1, 0.15) is 11.1 Å². The molecule has 3 aromatic rings. The van der Waals surface area contributed by atoms with Crippen LogP contribution in [0.3, 0.4) is 0 Å². The van der Waals surface area contributed by atoms with Crippen molar-refractivity contribution in [2.75, 3.05) is 10.8 Å². The fourth-order valence-electron chi connectivity index (χ4n) is 3.41. The molecule has 6 nitrogen and oxygen atoms in total. The number of rotatable bonds is 5. The summed E-state index contributed by atoms with van der Waals surface area (Å²) in [5.41, 5.74) is 2.34. The van der Waals surface area contributed by atoms with Crippen LogP contribution < -0.4 is 14.4 Å². The first kappa shape index (κ1) is 21.2. The molecule has 1 atom stereocenters. The molecule has 1 aliphatic rings. The van der Waals surface area contributed by atoms with Gasteiger partial charge in [0, 0.05) is 11.6 Å². The summed E-state index contributed by atoms with van der Waals surface area (Å²) in [6, 6.07) is 20.5. The van der Waals surface area contributed by atoms with E-state index in [0.29, 0.717) is 17.3 Å². The molecule has 1 amide bonds. The van der Waals surface area contributed by atoms with Gasteiger partial charge in [0.25, 0.3) is 15.9 Å². The minimum atomic E-state index is -3.92. The van der Waals surface area contributed by atoms with Gasteiger partial charge in [-0.05, 0) is 48.4 Å². The van der Waals surface area contributed by atoms with E-state index in [1.807, 2.05) is 31.2 Å². The highest BCUT2D eigenvalue weighted by molar-refractivity contribution is 7.92. The number of anilines is 1. The van der Waals surface area contributed by atoms with Crippen LogP contribution in [-0.4, -0.2) is 27.0 Å². The molecular weight excluding hydrogens is 436 g/mol. The second-order valence-corrected chi connectivity index (χ2v) is 9.51. The van der Waals surface area contributed by atoms with E-state index in [2.05, 4.69) is 5.32 Å². The highest BCUT2D eigenvalue weighted by Gasteiger charge is 2.37. The largest absolute Gasteiger partial charge is 0.476 e. The lowest BCUT2D eigenvalue weighted by Crippen LogP contribution is -2.50. The van der Waals surface area contributed by atoms with E-state index in [-0.39, 0.29) is 17.2 Å². The first-order chi connectivity index (χ1) is 14.9. The Morgan fingerprint density at radius 3 is 2.55 bits per heavy atom. The van der Waals surface area contributed by atoms with Gasteiger partial charge >= 0.3 is 0 Å². The van der Waals surface area contributed by atoms with Crippen molar-refractivity contribution in [1.82, 2.24) is 5.32 Å². The first-order valence-electron chi connectivity index (χ1n) is 9.72. The zero-order valence-electron chi connectivity index (χ0n) is 16.8. The summed E-state index contributed by atoms with van der Waals surface area (Å²) in [6.07, 6.45) is -1.00. The highest BCUT2D eigenvalue weighted by atomic mass is 35.5. The van der Waals surface area contributed by atoms with Crippen molar-refractivity contribution in [2.45, 2.75) is 24.5 Å². The van der Waals surface area contributed by atoms with Gasteiger partial charge in [0.05, 0.1) is 17.1 Å². The van der Waals surface area contributed by atoms with Gasteiger partial charge in [-0.15, -0.1) is 0 Å². The molecule has 160 valence electrons. The Bertz CT molecular complexity index is 1220. The molecule has 0 saturated carbocycles. The van der Waals surface area contributed by atoms with E-state index >= 15 is 0 Å². The third kappa shape index (κ3) is 4.38. The second kappa shape index (κ2) is 8.61. The number of fused-ring (bicyclic) bond motifs is 1. The van der Waals surface area contributed by atoms with Gasteiger partial charge in [0.1, 0.15) is 5.75 Å². The van der Waals surface area contributed by atoms with Crippen molar-refractivity contribution in [3.8, 4) is 5.75 Å². The van der Waals surface area contributed by atoms with Gasteiger partial charge in [-0.25, -0.2) is 8.42 Å². The maximum absolute atomic E-state index is 13.3. The van der Waals surface area contributed by atoms with Gasteiger partial charge in [0.15, 0.2) is 6.10 Å². The molecule has 0 saturated heterocycles. The third-order valence-corrected chi connectivity index (χ3v) is 7.16. The maximum Gasteiger partial charge on any atom is 0.264 e. The summed E-state index contributed by atoms with van der Waals surface area (Å²) in [7, 11) is -3.92. The van der Waals surface area contributed by atoms with Crippen LogP contribution in [0, 0.1) is 6.92 Å². The molecule has 8 heteroatoms. The molecule has 0 aliphatic carbocycles. The van der Waals surface area contributed by atoms with Crippen LogP contribution in [-0.2, 0) is 21.4 Å². The number of nitrogens with zero attached hydrogens (tertiary/aromatic N) is 1. The molecule has 3 aromatic carbocycles. The van der Waals surface area contributed by atoms with E-state index in [0.717, 1.165) is 11.1 Å². The Morgan fingerprint density at radius 1 is 1.10 bits per heavy atom. The number of ether oxygens (including phenoxy) is 1. The number of benzene rings is 3. The molecule has 0 fully saturated rings. The Kier molecular flexibility index (Phi) is 5.89. The lowest BCUT2D eigenvalue weighted by molar-refractivity contribution is -0.127. The fourth-order valence-corrected chi connectivity index (χ4v) is 5.07. The minimum absolute atomic E-state index is 0.127. The standard InChI is InChI=1S/C23H21ClN2O4S/c1-16-7-5-6-8-17(16)14-25-23(27)22-15-26(20-13-18(24)11-12-21(20)30-22)31(28,29)19-9-3-2-4-10-19/h2-13,22H,14-15H2,1H3,(H,25,27)/t22-/m0/s1. The molecular formula is C23H21ClN2O4S. The predicted octanol–water partition coefficient (Wildman–Crippen LogP) is 3.92. The zero-order valence-corrected chi connectivity index (χ0v) is 18.4. The van der Waals surface area contributed by atoms with Crippen LogP contribution in [0.2, 0.25) is 5.02 Å². The number of hydrogen-bond donors (Lipinski definition) is 1. The highest BCUT2D eigenvalue weighted by Crippen LogP contribution is 2.38. The summed E-state index contributed by atoms with van der Waals surface area (Å²) < 4.78 is 33.7. The van der Waals surface area contributed by atoms with E-state index < -0.39 is 22.0 Å². The average molecular weight is 457 g/mol. The van der Waals surface area contributed by atoms with Gasteiger partial charge in [-0.2, -0.15) is 0 Å². The molecule has 0 bridgehead atoms. The van der Waals surface area contributed by atoms with Crippen molar-refractivity contribution in [1.29, 1.82) is 0 Å². The molecule has 0 spiro atoms. The Labute approximate surface area is 186 Å². The number of nitrogens with one attached hydrogen (secondary N) is 1. The summed E-state index contributed by atoms with van der Waals surface area (Å²) in [5.74, 6) is -0.108. The smallest absolute Gasteiger partial charge is 0.264 e. The molecule has 1 aliphatic heterocycles. The number of carbonyl (C=O) groups is 1. The topological polar surface area (TPSA) is 75.7 Å². The predicted molar refractivity (Wildman–Crippen MR) is 120 cm³/mol. The number of halogens is 1. The molecule has 0 aromatic heterocycles. The molecule has 0 unspecified atom stereocenters. The van der Waals surface area contributed by atoms with E-state index in [9.17, 15) is 13.2 Å².